The summed E-state index contributed by atoms with van der Waals surface area (Å²) in [5, 5.41) is 4.69. The maximum Gasteiger partial charge on any atom is 0.271 e. The van der Waals surface area contributed by atoms with Crippen LogP contribution in [0.25, 0.3) is 21.3 Å². The van der Waals surface area contributed by atoms with Gasteiger partial charge in [-0.25, -0.2) is 4.98 Å². The highest BCUT2D eigenvalue weighted by Gasteiger charge is 2.14. The molecule has 0 spiro atoms. The molecule has 2 aromatic carbocycles. The Hall–Kier alpha value is -2.97. The molecule has 0 aliphatic rings. The fourth-order valence-electron chi connectivity index (χ4n) is 2.95. The Morgan fingerprint density at radius 1 is 1.24 bits per heavy atom. The summed E-state index contributed by atoms with van der Waals surface area (Å²) < 4.78 is 7.89. The van der Waals surface area contributed by atoms with E-state index in [1.165, 1.54) is 22.2 Å². The second-order valence-electron chi connectivity index (χ2n) is 6.29. The van der Waals surface area contributed by atoms with Gasteiger partial charge in [-0.05, 0) is 35.9 Å². The summed E-state index contributed by atoms with van der Waals surface area (Å²) in [7, 11) is 1.62. The van der Waals surface area contributed by atoms with Gasteiger partial charge in [-0.15, -0.1) is 11.3 Å². The zero-order chi connectivity index (χ0) is 20.4. The molecule has 1 N–H and O–H groups in total. The lowest BCUT2D eigenvalue weighted by molar-refractivity contribution is -0.116. The van der Waals surface area contributed by atoms with Gasteiger partial charge < -0.3 is 10.1 Å². The van der Waals surface area contributed by atoms with E-state index in [1.54, 1.807) is 19.2 Å². The van der Waals surface area contributed by atoms with Crippen molar-refractivity contribution < 1.29 is 9.53 Å². The predicted octanol–water partition coefficient (Wildman–Crippen LogP) is 4.53. The summed E-state index contributed by atoms with van der Waals surface area (Å²) in [6.45, 7) is -0.107. The van der Waals surface area contributed by atoms with Crippen LogP contribution in [0.3, 0.4) is 0 Å². The van der Waals surface area contributed by atoms with E-state index >= 15 is 0 Å². The van der Waals surface area contributed by atoms with Crippen molar-refractivity contribution >= 4 is 49.1 Å². The van der Waals surface area contributed by atoms with E-state index in [0.29, 0.717) is 15.9 Å². The van der Waals surface area contributed by atoms with E-state index in [1.807, 2.05) is 41.8 Å². The average Bonchev–Trinajstić information content (AvgIpc) is 3.15. The molecule has 0 atom stereocenters. The highest BCUT2D eigenvalue weighted by atomic mass is 79.9. The number of carbonyl (C=O) groups excluding carboxylic acids is 1. The Bertz CT molecular complexity index is 1250. The Morgan fingerprint density at radius 2 is 2.03 bits per heavy atom. The van der Waals surface area contributed by atoms with Crippen LogP contribution in [0.5, 0.6) is 5.75 Å². The number of nitrogens with one attached hydrogen (secondary N) is 1. The number of halogens is 1. The molecular weight excluding hydrogens is 454 g/mol. The van der Waals surface area contributed by atoms with Crippen molar-refractivity contribution in [1.82, 2.24) is 9.55 Å². The first-order valence-electron chi connectivity index (χ1n) is 8.71. The fraction of sp³-hybridized carbons (Fsp3) is 0.0952. The smallest absolute Gasteiger partial charge is 0.271 e. The Morgan fingerprint density at radius 3 is 2.76 bits per heavy atom. The van der Waals surface area contributed by atoms with Crippen molar-refractivity contribution in [2.24, 2.45) is 0 Å². The zero-order valence-electron chi connectivity index (χ0n) is 15.4. The number of rotatable bonds is 5. The molecule has 0 radical (unpaired) electrons. The van der Waals surface area contributed by atoms with Crippen molar-refractivity contribution in [3.8, 4) is 16.9 Å². The number of methoxy groups -OCH3 is 1. The minimum atomic E-state index is -0.293. The summed E-state index contributed by atoms with van der Waals surface area (Å²) in [5.41, 5.74) is 2.90. The first kappa shape index (κ1) is 19.4. The molecule has 4 aromatic rings. The summed E-state index contributed by atoms with van der Waals surface area (Å²) in [5.74, 6) is 0.471. The van der Waals surface area contributed by atoms with Gasteiger partial charge >= 0.3 is 0 Å². The maximum atomic E-state index is 12.8. The number of hydrogen-bond acceptors (Lipinski definition) is 5. The molecule has 1 amide bonds. The molecule has 0 saturated heterocycles. The van der Waals surface area contributed by atoms with Crippen LogP contribution in [0, 0.1) is 0 Å². The molecule has 0 bridgehead atoms. The SMILES string of the molecule is COc1ccc(-c2csc3c(=O)n(CC(=O)Nc4cccc(Br)c4)cnc23)cc1. The van der Waals surface area contributed by atoms with E-state index in [9.17, 15) is 9.59 Å². The number of thiophene rings is 1. The van der Waals surface area contributed by atoms with Crippen LogP contribution in [-0.2, 0) is 11.3 Å². The van der Waals surface area contributed by atoms with E-state index in [0.717, 1.165) is 21.3 Å². The summed E-state index contributed by atoms with van der Waals surface area (Å²) in [6, 6.07) is 14.9. The van der Waals surface area contributed by atoms with E-state index in [-0.39, 0.29) is 18.0 Å². The van der Waals surface area contributed by atoms with Crippen LogP contribution in [0.4, 0.5) is 5.69 Å². The number of benzene rings is 2. The van der Waals surface area contributed by atoms with Crippen LogP contribution in [0.2, 0.25) is 0 Å². The van der Waals surface area contributed by atoms with Gasteiger partial charge in [0, 0.05) is 21.1 Å². The van der Waals surface area contributed by atoms with E-state index < -0.39 is 0 Å². The fourth-order valence-corrected chi connectivity index (χ4v) is 4.33. The highest BCUT2D eigenvalue weighted by molar-refractivity contribution is 9.10. The molecule has 0 aliphatic carbocycles. The molecule has 29 heavy (non-hydrogen) atoms. The zero-order valence-corrected chi connectivity index (χ0v) is 17.8. The highest BCUT2D eigenvalue weighted by Crippen LogP contribution is 2.31. The van der Waals surface area contributed by atoms with E-state index in [2.05, 4.69) is 26.2 Å². The summed E-state index contributed by atoms with van der Waals surface area (Å²) in [4.78, 5) is 29.6. The number of aromatic nitrogens is 2. The van der Waals surface area contributed by atoms with Gasteiger partial charge in [-0.1, -0.05) is 34.1 Å². The average molecular weight is 470 g/mol. The third kappa shape index (κ3) is 4.08. The second kappa shape index (κ2) is 8.18. The van der Waals surface area contributed by atoms with Crippen molar-refractivity contribution in [1.29, 1.82) is 0 Å². The Labute approximate surface area is 178 Å². The summed E-state index contributed by atoms with van der Waals surface area (Å²) in [6.07, 6.45) is 1.42. The van der Waals surface area contributed by atoms with Gasteiger partial charge in [0.25, 0.3) is 5.56 Å². The van der Waals surface area contributed by atoms with Crippen LogP contribution in [0.15, 0.2) is 69.5 Å². The minimum absolute atomic E-state index is 0.107. The molecule has 2 heterocycles. The van der Waals surface area contributed by atoms with Gasteiger partial charge in [0.2, 0.25) is 5.91 Å². The lowest BCUT2D eigenvalue weighted by Gasteiger charge is -2.08. The first-order chi connectivity index (χ1) is 14.0. The van der Waals surface area contributed by atoms with Gasteiger partial charge in [-0.2, -0.15) is 0 Å². The van der Waals surface area contributed by atoms with Gasteiger partial charge in [0.15, 0.2) is 0 Å². The van der Waals surface area contributed by atoms with Gasteiger partial charge in [0.05, 0.1) is 19.0 Å². The van der Waals surface area contributed by atoms with Crippen LogP contribution in [-0.4, -0.2) is 22.6 Å². The van der Waals surface area contributed by atoms with Crippen molar-refractivity contribution in [2.45, 2.75) is 6.54 Å². The summed E-state index contributed by atoms with van der Waals surface area (Å²) >= 11 is 4.69. The molecule has 0 saturated carbocycles. The molecule has 6 nitrogen and oxygen atoms in total. The number of fused-ring (bicyclic) bond motifs is 1. The molecule has 2 aromatic heterocycles. The van der Waals surface area contributed by atoms with Crippen LogP contribution >= 0.6 is 27.3 Å². The minimum Gasteiger partial charge on any atom is -0.497 e. The van der Waals surface area contributed by atoms with Crippen LogP contribution in [0.1, 0.15) is 0 Å². The van der Waals surface area contributed by atoms with Crippen molar-refractivity contribution in [2.75, 3.05) is 12.4 Å². The third-order valence-electron chi connectivity index (χ3n) is 4.37. The standard InChI is InChI=1S/C21H16BrN3O3S/c1-28-16-7-5-13(6-8-16)17-11-29-20-19(17)23-12-25(21(20)27)10-18(26)24-15-4-2-3-14(22)9-15/h2-9,11-12H,10H2,1H3,(H,24,26). The predicted molar refractivity (Wildman–Crippen MR) is 119 cm³/mol. The normalized spacial score (nSPS) is 10.8. The quantitative estimate of drug-likeness (QED) is 0.465. The number of carbonyl (C=O) groups is 1. The molecule has 0 unspecified atom stereocenters. The molecule has 0 aliphatic heterocycles. The first-order valence-corrected chi connectivity index (χ1v) is 10.4. The number of nitrogens with zero attached hydrogens (tertiary/aromatic N) is 2. The number of ether oxygens (including phenoxy) is 1. The van der Waals surface area contributed by atoms with Gasteiger partial charge in [-0.3, -0.25) is 14.2 Å². The largest absolute Gasteiger partial charge is 0.497 e. The number of anilines is 1. The molecular formula is C21H16BrN3O3S. The third-order valence-corrected chi connectivity index (χ3v) is 5.82. The Balaban J connectivity index is 1.59. The molecule has 8 heteroatoms. The van der Waals surface area contributed by atoms with Crippen molar-refractivity contribution in [3.05, 3.63) is 75.1 Å². The van der Waals surface area contributed by atoms with Crippen molar-refractivity contribution in [3.63, 3.8) is 0 Å². The van der Waals surface area contributed by atoms with E-state index in [4.69, 9.17) is 4.74 Å². The second-order valence-corrected chi connectivity index (χ2v) is 8.09. The number of amides is 1. The Kier molecular flexibility index (Phi) is 5.46. The molecule has 146 valence electrons. The monoisotopic (exact) mass is 469 g/mol. The van der Waals surface area contributed by atoms with Crippen LogP contribution < -0.4 is 15.6 Å². The molecule has 0 fully saturated rings. The maximum absolute atomic E-state index is 12.8. The molecule has 4 rings (SSSR count). The lowest BCUT2D eigenvalue weighted by atomic mass is 10.1. The topological polar surface area (TPSA) is 73.2 Å². The number of hydrogen-bond donors (Lipinski definition) is 1. The van der Waals surface area contributed by atoms with Gasteiger partial charge in [0.1, 0.15) is 17.0 Å². The lowest BCUT2D eigenvalue weighted by Crippen LogP contribution is -2.27.